The van der Waals surface area contributed by atoms with Gasteiger partial charge in [-0.05, 0) is 72.2 Å². The highest BCUT2D eigenvalue weighted by molar-refractivity contribution is 9.10. The predicted molar refractivity (Wildman–Crippen MR) is 122 cm³/mol. The molecule has 7 heteroatoms. The Morgan fingerprint density at radius 3 is 2.48 bits per heavy atom. The third-order valence-corrected chi connectivity index (χ3v) is 5.26. The summed E-state index contributed by atoms with van der Waals surface area (Å²) in [5.74, 6) is 1.16. The number of halogens is 1. The number of thiocarbonyl (C=S) groups is 1. The van der Waals surface area contributed by atoms with Crippen LogP contribution in [-0.2, 0) is 4.79 Å². The summed E-state index contributed by atoms with van der Waals surface area (Å²) in [6, 6.07) is 13.1. The zero-order chi connectivity index (χ0) is 21.1. The van der Waals surface area contributed by atoms with Gasteiger partial charge in [0.2, 0.25) is 0 Å². The van der Waals surface area contributed by atoms with E-state index < -0.39 is 6.04 Å². The van der Waals surface area contributed by atoms with Crippen LogP contribution in [0.2, 0.25) is 0 Å². The van der Waals surface area contributed by atoms with Gasteiger partial charge in [0.05, 0.1) is 29.4 Å². The average Bonchev–Trinajstić information content (AvgIpc) is 2.68. The molecular weight excluding hydrogens is 452 g/mol. The molecule has 0 saturated heterocycles. The molecule has 5 nitrogen and oxygen atoms in total. The minimum Gasteiger partial charge on any atom is -0.493 e. The minimum absolute atomic E-state index is 0.00649. The zero-order valence-corrected chi connectivity index (χ0v) is 19.1. The highest BCUT2D eigenvalue weighted by atomic mass is 79.9. The van der Waals surface area contributed by atoms with Gasteiger partial charge in [-0.25, -0.2) is 0 Å². The lowest BCUT2D eigenvalue weighted by Crippen LogP contribution is -2.44. The normalized spacial score (nSPS) is 16.3. The summed E-state index contributed by atoms with van der Waals surface area (Å²) in [7, 11) is 1.59. The maximum atomic E-state index is 12.7. The van der Waals surface area contributed by atoms with Crippen LogP contribution in [0.25, 0.3) is 5.70 Å². The molecule has 1 unspecified atom stereocenters. The summed E-state index contributed by atoms with van der Waals surface area (Å²) in [5.41, 5.74) is 3.06. The average molecular weight is 475 g/mol. The van der Waals surface area contributed by atoms with Crippen molar-refractivity contribution < 1.29 is 14.3 Å². The number of ketones is 1. The standard InChI is InChI=1S/C22H23BrN2O3S/c1-12(2)28-21-16(23)10-15(11-17(21)27-4)20-18(13(3)26)19(24-22(29)25-20)14-8-6-5-7-9-14/h5-12,20H,1-4H3,(H2,24,25,29). The molecule has 0 radical (unpaired) electrons. The Morgan fingerprint density at radius 2 is 1.90 bits per heavy atom. The summed E-state index contributed by atoms with van der Waals surface area (Å²) in [4.78, 5) is 12.7. The Kier molecular flexibility index (Phi) is 6.59. The van der Waals surface area contributed by atoms with E-state index in [1.54, 1.807) is 14.0 Å². The Hall–Kier alpha value is -2.38. The first kappa shape index (κ1) is 21.3. The number of carbonyl (C=O) groups excluding carboxylic acids is 1. The van der Waals surface area contributed by atoms with Gasteiger partial charge >= 0.3 is 0 Å². The van der Waals surface area contributed by atoms with Gasteiger partial charge in [0.1, 0.15) is 0 Å². The number of hydrogen-bond donors (Lipinski definition) is 2. The third kappa shape index (κ3) is 4.62. The molecule has 0 aromatic heterocycles. The number of hydrogen-bond acceptors (Lipinski definition) is 4. The van der Waals surface area contributed by atoms with Crippen LogP contribution in [0.4, 0.5) is 0 Å². The number of rotatable bonds is 6. The molecule has 0 fully saturated rings. The van der Waals surface area contributed by atoms with Crippen molar-refractivity contribution in [3.05, 3.63) is 63.6 Å². The van der Waals surface area contributed by atoms with Gasteiger partial charge < -0.3 is 20.1 Å². The van der Waals surface area contributed by atoms with Gasteiger partial charge in [-0.1, -0.05) is 30.3 Å². The van der Waals surface area contributed by atoms with E-state index in [-0.39, 0.29) is 11.9 Å². The van der Waals surface area contributed by atoms with E-state index in [2.05, 4.69) is 26.6 Å². The Bertz CT molecular complexity index is 974. The lowest BCUT2D eigenvalue weighted by molar-refractivity contribution is -0.113. The maximum absolute atomic E-state index is 12.7. The maximum Gasteiger partial charge on any atom is 0.175 e. The molecule has 2 N–H and O–H groups in total. The molecular formula is C22H23BrN2O3S. The summed E-state index contributed by atoms with van der Waals surface area (Å²) >= 11 is 9.02. The SMILES string of the molecule is COc1cc(C2NC(=S)NC(c3ccccc3)=C2C(C)=O)cc(Br)c1OC(C)C. The molecule has 2 aromatic carbocycles. The first-order chi connectivity index (χ1) is 13.8. The summed E-state index contributed by atoms with van der Waals surface area (Å²) in [6.45, 7) is 5.47. The van der Waals surface area contributed by atoms with Crippen LogP contribution in [0.5, 0.6) is 11.5 Å². The second-order valence-corrected chi connectivity index (χ2v) is 8.21. The van der Waals surface area contributed by atoms with E-state index in [1.807, 2.05) is 56.3 Å². The molecule has 0 spiro atoms. The fraction of sp³-hybridized carbons (Fsp3) is 0.273. The van der Waals surface area contributed by atoms with E-state index in [0.717, 1.165) is 15.6 Å². The molecule has 152 valence electrons. The molecule has 1 heterocycles. The molecule has 0 bridgehead atoms. The van der Waals surface area contributed by atoms with Gasteiger partial charge in [0.15, 0.2) is 22.4 Å². The molecule has 0 saturated carbocycles. The van der Waals surface area contributed by atoms with E-state index in [0.29, 0.717) is 27.9 Å². The molecule has 0 amide bonds. The van der Waals surface area contributed by atoms with Crippen LogP contribution < -0.4 is 20.1 Å². The second kappa shape index (κ2) is 8.97. The number of carbonyl (C=O) groups is 1. The van der Waals surface area contributed by atoms with Gasteiger partial charge in [0.25, 0.3) is 0 Å². The molecule has 1 aliphatic heterocycles. The lowest BCUT2D eigenvalue weighted by atomic mass is 9.90. The topological polar surface area (TPSA) is 59.6 Å². The van der Waals surface area contributed by atoms with E-state index >= 15 is 0 Å². The van der Waals surface area contributed by atoms with Crippen LogP contribution in [0.1, 0.15) is 37.9 Å². The Labute approximate surface area is 184 Å². The first-order valence-corrected chi connectivity index (χ1v) is 10.4. The lowest BCUT2D eigenvalue weighted by Gasteiger charge is -2.32. The predicted octanol–water partition coefficient (Wildman–Crippen LogP) is 4.76. The number of ether oxygens (including phenoxy) is 2. The van der Waals surface area contributed by atoms with Crippen molar-refractivity contribution in [3.8, 4) is 11.5 Å². The molecule has 0 aliphatic carbocycles. The minimum atomic E-state index is -0.422. The molecule has 1 atom stereocenters. The summed E-state index contributed by atoms with van der Waals surface area (Å²) in [6.07, 6.45) is -0.00649. The van der Waals surface area contributed by atoms with Crippen LogP contribution in [0, 0.1) is 0 Å². The van der Waals surface area contributed by atoms with Crippen LogP contribution in [0.3, 0.4) is 0 Å². The van der Waals surface area contributed by atoms with Crippen molar-refractivity contribution in [2.75, 3.05) is 7.11 Å². The fourth-order valence-corrected chi connectivity index (χ4v) is 4.06. The van der Waals surface area contributed by atoms with Gasteiger partial charge in [-0.2, -0.15) is 0 Å². The number of methoxy groups -OCH3 is 1. The second-order valence-electron chi connectivity index (χ2n) is 6.94. The smallest absolute Gasteiger partial charge is 0.175 e. The quantitative estimate of drug-likeness (QED) is 0.588. The highest BCUT2D eigenvalue weighted by Gasteiger charge is 2.31. The zero-order valence-electron chi connectivity index (χ0n) is 16.7. The van der Waals surface area contributed by atoms with Crippen molar-refractivity contribution in [2.45, 2.75) is 32.9 Å². The fourth-order valence-electron chi connectivity index (χ4n) is 3.28. The highest BCUT2D eigenvalue weighted by Crippen LogP contribution is 2.41. The number of Topliss-reactive ketones (excluding diaryl/α,β-unsaturated/α-hetero) is 1. The molecule has 3 rings (SSSR count). The number of benzene rings is 2. The van der Waals surface area contributed by atoms with Crippen molar-refractivity contribution in [2.24, 2.45) is 0 Å². The van der Waals surface area contributed by atoms with E-state index in [9.17, 15) is 4.79 Å². The Balaban J connectivity index is 2.17. The summed E-state index contributed by atoms with van der Waals surface area (Å²) in [5, 5.41) is 6.84. The van der Waals surface area contributed by atoms with Gasteiger partial charge in [-0.3, -0.25) is 4.79 Å². The van der Waals surface area contributed by atoms with E-state index in [1.165, 1.54) is 0 Å². The van der Waals surface area contributed by atoms with Crippen molar-refractivity contribution in [3.63, 3.8) is 0 Å². The Morgan fingerprint density at radius 1 is 1.21 bits per heavy atom. The van der Waals surface area contributed by atoms with Crippen molar-refractivity contribution in [1.29, 1.82) is 0 Å². The van der Waals surface area contributed by atoms with Gasteiger partial charge in [0, 0.05) is 5.57 Å². The molecule has 2 aromatic rings. The van der Waals surface area contributed by atoms with Crippen molar-refractivity contribution >= 4 is 44.7 Å². The van der Waals surface area contributed by atoms with Crippen molar-refractivity contribution in [1.82, 2.24) is 10.6 Å². The van der Waals surface area contributed by atoms with E-state index in [4.69, 9.17) is 21.7 Å². The largest absolute Gasteiger partial charge is 0.493 e. The van der Waals surface area contributed by atoms with Crippen LogP contribution in [-0.4, -0.2) is 24.1 Å². The monoisotopic (exact) mass is 474 g/mol. The number of nitrogens with one attached hydrogen (secondary N) is 2. The first-order valence-electron chi connectivity index (χ1n) is 9.24. The molecule has 29 heavy (non-hydrogen) atoms. The van der Waals surface area contributed by atoms with Crippen LogP contribution in [0.15, 0.2) is 52.5 Å². The van der Waals surface area contributed by atoms with Gasteiger partial charge in [-0.15, -0.1) is 0 Å². The summed E-state index contributed by atoms with van der Waals surface area (Å²) < 4.78 is 12.2. The van der Waals surface area contributed by atoms with Crippen LogP contribution >= 0.6 is 28.1 Å². The third-order valence-electron chi connectivity index (χ3n) is 4.45. The molecule has 1 aliphatic rings.